The molecule has 5 heteroatoms. The van der Waals surface area contributed by atoms with E-state index in [-0.39, 0.29) is 17.6 Å². The molecule has 4 rings (SSSR count). The van der Waals surface area contributed by atoms with E-state index >= 15 is 0 Å². The maximum atomic E-state index is 13.0. The van der Waals surface area contributed by atoms with Gasteiger partial charge in [0, 0.05) is 23.7 Å². The van der Waals surface area contributed by atoms with Crippen molar-refractivity contribution in [3.8, 4) is 17.0 Å². The summed E-state index contributed by atoms with van der Waals surface area (Å²) in [5.74, 6) is 1.60. The van der Waals surface area contributed by atoms with Crippen LogP contribution in [0.2, 0.25) is 0 Å². The highest BCUT2D eigenvalue weighted by atomic mass is 16.6. The van der Waals surface area contributed by atoms with Gasteiger partial charge in [0.2, 0.25) is 0 Å². The van der Waals surface area contributed by atoms with Gasteiger partial charge in [-0.2, -0.15) is 0 Å². The summed E-state index contributed by atoms with van der Waals surface area (Å²) in [6.07, 6.45) is 3.09. The Morgan fingerprint density at radius 2 is 2.00 bits per heavy atom. The van der Waals surface area contributed by atoms with E-state index in [0.29, 0.717) is 44.6 Å². The van der Waals surface area contributed by atoms with Gasteiger partial charge in [-0.05, 0) is 42.2 Å². The second kappa shape index (κ2) is 9.58. The number of benzene rings is 1. The summed E-state index contributed by atoms with van der Waals surface area (Å²) >= 11 is 0. The van der Waals surface area contributed by atoms with E-state index in [1.54, 1.807) is 6.07 Å². The van der Waals surface area contributed by atoms with Gasteiger partial charge >= 0.3 is 0 Å². The van der Waals surface area contributed by atoms with Crippen LogP contribution in [0.1, 0.15) is 56.7 Å². The Kier molecular flexibility index (Phi) is 6.83. The summed E-state index contributed by atoms with van der Waals surface area (Å²) in [6.45, 7) is 11.7. The van der Waals surface area contributed by atoms with Crippen LogP contribution in [-0.4, -0.2) is 37.1 Å². The molecule has 1 saturated heterocycles. The lowest BCUT2D eigenvalue weighted by molar-refractivity contribution is -0.101. The lowest BCUT2D eigenvalue weighted by Gasteiger charge is -2.29. The molecule has 3 heterocycles. The van der Waals surface area contributed by atoms with Crippen LogP contribution in [0, 0.1) is 5.92 Å². The van der Waals surface area contributed by atoms with Crippen LogP contribution in [0.25, 0.3) is 11.3 Å². The van der Waals surface area contributed by atoms with Gasteiger partial charge < -0.3 is 18.8 Å². The van der Waals surface area contributed by atoms with Gasteiger partial charge in [0.15, 0.2) is 0 Å². The zero-order valence-corrected chi connectivity index (χ0v) is 19.3. The molecule has 2 aromatic rings. The van der Waals surface area contributed by atoms with Crippen LogP contribution in [0.15, 0.2) is 29.1 Å². The predicted octanol–water partition coefficient (Wildman–Crippen LogP) is 4.58. The number of nitrogens with zero attached hydrogens (tertiary/aromatic N) is 1. The fourth-order valence-electron chi connectivity index (χ4n) is 4.57. The molecule has 1 atom stereocenters. The first-order valence-electron chi connectivity index (χ1n) is 11.7. The van der Waals surface area contributed by atoms with Crippen LogP contribution in [0.3, 0.4) is 0 Å². The largest absolute Gasteiger partial charge is 0.490 e. The third-order valence-corrected chi connectivity index (χ3v) is 6.24. The Morgan fingerprint density at radius 3 is 2.71 bits per heavy atom. The first-order valence-corrected chi connectivity index (χ1v) is 11.7. The van der Waals surface area contributed by atoms with E-state index in [4.69, 9.17) is 14.2 Å². The Labute approximate surface area is 185 Å². The third-order valence-electron chi connectivity index (χ3n) is 6.24. The molecule has 1 aromatic heterocycles. The van der Waals surface area contributed by atoms with Gasteiger partial charge in [0.1, 0.15) is 18.5 Å². The zero-order chi connectivity index (χ0) is 22.0. The highest BCUT2D eigenvalue weighted by Gasteiger charge is 2.26. The summed E-state index contributed by atoms with van der Waals surface area (Å²) in [5.41, 5.74) is 6.02. The van der Waals surface area contributed by atoms with E-state index < -0.39 is 0 Å². The summed E-state index contributed by atoms with van der Waals surface area (Å²) in [5, 5.41) is 0. The predicted molar refractivity (Wildman–Crippen MR) is 123 cm³/mol. The molecular weight excluding hydrogens is 390 g/mol. The zero-order valence-electron chi connectivity index (χ0n) is 19.3. The second-order valence-electron chi connectivity index (χ2n) is 9.47. The van der Waals surface area contributed by atoms with Crippen molar-refractivity contribution in [1.29, 1.82) is 0 Å². The molecule has 1 fully saturated rings. The average molecular weight is 426 g/mol. The number of pyridine rings is 1. The molecule has 0 saturated carbocycles. The van der Waals surface area contributed by atoms with Crippen LogP contribution >= 0.6 is 0 Å². The van der Waals surface area contributed by atoms with Crippen molar-refractivity contribution in [3.05, 3.63) is 51.3 Å². The van der Waals surface area contributed by atoms with Gasteiger partial charge in [0.05, 0.1) is 25.5 Å². The molecular formula is C26H35NO4. The summed E-state index contributed by atoms with van der Waals surface area (Å²) < 4.78 is 19.3. The smallest absolute Gasteiger partial charge is 0.254 e. The minimum atomic E-state index is -0.0941. The Bertz CT molecular complexity index is 970. The molecule has 0 amide bonds. The minimum Gasteiger partial charge on any atom is -0.490 e. The molecule has 0 spiro atoms. The molecule has 2 aliphatic rings. The minimum absolute atomic E-state index is 0.00440. The fourth-order valence-corrected chi connectivity index (χ4v) is 4.57. The first-order chi connectivity index (χ1) is 14.9. The van der Waals surface area contributed by atoms with Crippen molar-refractivity contribution in [2.75, 3.05) is 26.4 Å². The fraction of sp³-hybridized carbons (Fsp3) is 0.577. The van der Waals surface area contributed by atoms with Gasteiger partial charge in [-0.1, -0.05) is 45.9 Å². The van der Waals surface area contributed by atoms with Crippen molar-refractivity contribution in [2.24, 2.45) is 5.92 Å². The van der Waals surface area contributed by atoms with Crippen molar-refractivity contribution < 1.29 is 14.2 Å². The van der Waals surface area contributed by atoms with Crippen molar-refractivity contribution >= 4 is 0 Å². The molecule has 0 bridgehead atoms. The number of fused-ring (bicyclic) bond motifs is 3. The van der Waals surface area contributed by atoms with Crippen LogP contribution in [0.4, 0.5) is 0 Å². The Hall–Kier alpha value is -2.11. The van der Waals surface area contributed by atoms with Crippen LogP contribution in [-0.2, 0) is 28.9 Å². The molecule has 0 radical (unpaired) electrons. The summed E-state index contributed by atoms with van der Waals surface area (Å²) in [7, 11) is 0. The monoisotopic (exact) mass is 425 g/mol. The summed E-state index contributed by atoms with van der Waals surface area (Å²) in [6, 6.07) is 8.44. The normalized spacial score (nSPS) is 18.2. The van der Waals surface area contributed by atoms with E-state index in [2.05, 4.69) is 45.9 Å². The lowest BCUT2D eigenvalue weighted by atomic mass is 9.88. The highest BCUT2D eigenvalue weighted by Crippen LogP contribution is 2.39. The van der Waals surface area contributed by atoms with Gasteiger partial charge in [0.25, 0.3) is 5.56 Å². The number of hydrogen-bond acceptors (Lipinski definition) is 4. The quantitative estimate of drug-likeness (QED) is 0.652. The number of aryl methyl sites for hydroxylation is 2. The van der Waals surface area contributed by atoms with Crippen molar-refractivity contribution in [1.82, 2.24) is 4.57 Å². The molecule has 1 unspecified atom stereocenters. The second-order valence-corrected chi connectivity index (χ2v) is 9.47. The molecule has 168 valence electrons. The molecule has 0 aliphatic carbocycles. The van der Waals surface area contributed by atoms with E-state index in [1.165, 1.54) is 23.1 Å². The van der Waals surface area contributed by atoms with Gasteiger partial charge in [-0.3, -0.25) is 4.79 Å². The number of rotatable bonds is 7. The number of hydrogen-bond donors (Lipinski definition) is 0. The average Bonchev–Trinajstić information content (AvgIpc) is 2.76. The standard InChI is InChI=1S/C26H35NO4/c1-17(2)5-6-19-7-8-22-20(13-19)9-10-27-24(28)14-23(25(18(3)4)26(22)27)31-16-21-15-29-11-12-30-21/h7-8,13-14,17-18,21H,5-6,9-12,15-16H2,1-4H3. The maximum Gasteiger partial charge on any atom is 0.254 e. The highest BCUT2D eigenvalue weighted by molar-refractivity contribution is 5.72. The SMILES string of the molecule is CC(C)CCc1ccc2c(c1)CCn1c-2c(C(C)C)c(OCC2COCCO2)cc1=O. The molecule has 2 aliphatic heterocycles. The first kappa shape index (κ1) is 22.1. The molecule has 5 nitrogen and oxygen atoms in total. The summed E-state index contributed by atoms with van der Waals surface area (Å²) in [4.78, 5) is 13.0. The molecule has 1 aromatic carbocycles. The van der Waals surface area contributed by atoms with E-state index in [9.17, 15) is 4.79 Å². The van der Waals surface area contributed by atoms with Crippen molar-refractivity contribution in [3.63, 3.8) is 0 Å². The van der Waals surface area contributed by atoms with Crippen molar-refractivity contribution in [2.45, 2.75) is 65.5 Å². The van der Waals surface area contributed by atoms with Crippen LogP contribution < -0.4 is 10.3 Å². The van der Waals surface area contributed by atoms with E-state index in [1.807, 2.05) is 4.57 Å². The third kappa shape index (κ3) is 4.88. The molecule has 0 N–H and O–H groups in total. The van der Waals surface area contributed by atoms with Gasteiger partial charge in [-0.25, -0.2) is 0 Å². The maximum absolute atomic E-state index is 13.0. The Balaban J connectivity index is 1.70. The van der Waals surface area contributed by atoms with E-state index in [0.717, 1.165) is 24.1 Å². The van der Waals surface area contributed by atoms with Gasteiger partial charge in [-0.15, -0.1) is 0 Å². The Morgan fingerprint density at radius 1 is 1.16 bits per heavy atom. The molecule has 31 heavy (non-hydrogen) atoms. The van der Waals surface area contributed by atoms with Crippen LogP contribution in [0.5, 0.6) is 5.75 Å². The topological polar surface area (TPSA) is 49.7 Å². The number of ether oxygens (including phenoxy) is 3. The number of aromatic nitrogens is 1. The lowest BCUT2D eigenvalue weighted by Crippen LogP contribution is -2.34.